The van der Waals surface area contributed by atoms with E-state index in [1.165, 1.54) is 16.3 Å². The van der Waals surface area contributed by atoms with Gasteiger partial charge in [-0.2, -0.15) is 0 Å². The molecule has 1 fully saturated rings. The van der Waals surface area contributed by atoms with E-state index in [1.807, 2.05) is 47.4 Å². The summed E-state index contributed by atoms with van der Waals surface area (Å²) in [4.78, 5) is 17.0. The van der Waals surface area contributed by atoms with Crippen molar-refractivity contribution in [2.45, 2.75) is 13.0 Å². The highest BCUT2D eigenvalue weighted by molar-refractivity contribution is 6.04. The molecule has 29 heavy (non-hydrogen) atoms. The summed E-state index contributed by atoms with van der Waals surface area (Å²) < 4.78 is 5.93. The molecule has 1 aromatic heterocycles. The molecular formula is C25H24N2O2. The Morgan fingerprint density at radius 2 is 1.48 bits per heavy atom. The molecule has 1 saturated heterocycles. The third kappa shape index (κ3) is 3.76. The largest absolute Gasteiger partial charge is 0.456 e. The van der Waals surface area contributed by atoms with E-state index < -0.39 is 0 Å². The van der Waals surface area contributed by atoms with Crippen molar-refractivity contribution in [2.24, 2.45) is 0 Å². The Morgan fingerprint density at radius 3 is 2.31 bits per heavy atom. The van der Waals surface area contributed by atoms with Gasteiger partial charge in [0.2, 0.25) is 5.91 Å². The number of piperazine rings is 1. The first-order chi connectivity index (χ1) is 14.3. The predicted molar refractivity (Wildman–Crippen MR) is 116 cm³/mol. The van der Waals surface area contributed by atoms with Crippen LogP contribution in [0.2, 0.25) is 0 Å². The summed E-state index contributed by atoms with van der Waals surface area (Å²) in [6.07, 6.45) is 0.491. The van der Waals surface area contributed by atoms with Crippen LogP contribution in [0.1, 0.15) is 11.1 Å². The highest BCUT2D eigenvalue weighted by Gasteiger charge is 2.21. The van der Waals surface area contributed by atoms with E-state index in [9.17, 15) is 4.79 Å². The summed E-state index contributed by atoms with van der Waals surface area (Å²) in [5, 5.41) is 2.34. The van der Waals surface area contributed by atoms with Gasteiger partial charge in [-0.1, -0.05) is 54.6 Å². The maximum Gasteiger partial charge on any atom is 0.227 e. The fraction of sp³-hybridized carbons (Fsp3) is 0.240. The van der Waals surface area contributed by atoms with Crippen LogP contribution in [-0.4, -0.2) is 41.9 Å². The fourth-order valence-electron chi connectivity index (χ4n) is 4.17. The molecule has 146 valence electrons. The molecule has 0 N–H and O–H groups in total. The number of rotatable bonds is 4. The second kappa shape index (κ2) is 7.72. The number of furan rings is 1. The topological polar surface area (TPSA) is 36.7 Å². The van der Waals surface area contributed by atoms with Crippen LogP contribution >= 0.6 is 0 Å². The van der Waals surface area contributed by atoms with Crippen LogP contribution in [0.15, 0.2) is 77.2 Å². The summed E-state index contributed by atoms with van der Waals surface area (Å²) in [6, 6.07) is 24.6. The molecule has 2 heterocycles. The van der Waals surface area contributed by atoms with Gasteiger partial charge in [-0.15, -0.1) is 0 Å². The summed E-state index contributed by atoms with van der Waals surface area (Å²) in [5.41, 5.74) is 4.24. The van der Waals surface area contributed by atoms with Crippen LogP contribution in [0.4, 0.5) is 0 Å². The van der Waals surface area contributed by atoms with Crippen molar-refractivity contribution in [1.29, 1.82) is 0 Å². The maximum atomic E-state index is 12.6. The van der Waals surface area contributed by atoms with Gasteiger partial charge in [-0.25, -0.2) is 0 Å². The molecule has 1 aliphatic heterocycles. The van der Waals surface area contributed by atoms with Crippen molar-refractivity contribution in [1.82, 2.24) is 9.80 Å². The van der Waals surface area contributed by atoms with E-state index in [1.54, 1.807) is 0 Å². The second-order valence-corrected chi connectivity index (χ2v) is 7.75. The number of carbonyl (C=O) groups is 1. The molecule has 0 atom stereocenters. The highest BCUT2D eigenvalue weighted by Crippen LogP contribution is 2.29. The normalized spacial score (nSPS) is 15.2. The number of hydrogen-bond acceptors (Lipinski definition) is 3. The van der Waals surface area contributed by atoms with E-state index in [4.69, 9.17) is 4.42 Å². The van der Waals surface area contributed by atoms with Crippen molar-refractivity contribution >= 4 is 27.8 Å². The average Bonchev–Trinajstić information content (AvgIpc) is 3.13. The minimum absolute atomic E-state index is 0.224. The summed E-state index contributed by atoms with van der Waals surface area (Å²) >= 11 is 0. The SMILES string of the molecule is O=C(Cc1ccccc1)N1CCN(Cc2ccc3oc4ccccc4c3c2)CC1. The monoisotopic (exact) mass is 384 g/mol. The van der Waals surface area contributed by atoms with Crippen molar-refractivity contribution in [2.75, 3.05) is 26.2 Å². The van der Waals surface area contributed by atoms with Gasteiger partial charge in [0, 0.05) is 43.5 Å². The number of para-hydroxylation sites is 1. The first-order valence-corrected chi connectivity index (χ1v) is 10.2. The molecule has 1 amide bonds. The number of amides is 1. The van der Waals surface area contributed by atoms with Crippen LogP contribution in [0.25, 0.3) is 21.9 Å². The molecule has 0 bridgehead atoms. The Balaban J connectivity index is 1.22. The van der Waals surface area contributed by atoms with Gasteiger partial charge in [0.05, 0.1) is 6.42 Å². The third-order valence-corrected chi connectivity index (χ3v) is 5.77. The van der Waals surface area contributed by atoms with E-state index in [-0.39, 0.29) is 5.91 Å². The Hall–Kier alpha value is -3.11. The van der Waals surface area contributed by atoms with Crippen molar-refractivity contribution in [3.63, 3.8) is 0 Å². The van der Waals surface area contributed by atoms with Gasteiger partial charge in [0.25, 0.3) is 0 Å². The second-order valence-electron chi connectivity index (χ2n) is 7.75. The van der Waals surface area contributed by atoms with Crippen molar-refractivity contribution in [3.8, 4) is 0 Å². The fourth-order valence-corrected chi connectivity index (χ4v) is 4.17. The Kier molecular flexibility index (Phi) is 4.78. The average molecular weight is 384 g/mol. The molecule has 3 aromatic carbocycles. The van der Waals surface area contributed by atoms with E-state index >= 15 is 0 Å². The number of benzene rings is 3. The van der Waals surface area contributed by atoms with Gasteiger partial charge >= 0.3 is 0 Å². The minimum Gasteiger partial charge on any atom is -0.456 e. The lowest BCUT2D eigenvalue weighted by molar-refractivity contribution is -0.132. The molecule has 1 aliphatic rings. The Morgan fingerprint density at radius 1 is 0.759 bits per heavy atom. The lowest BCUT2D eigenvalue weighted by Gasteiger charge is -2.34. The summed E-state index contributed by atoms with van der Waals surface area (Å²) in [6.45, 7) is 4.30. The van der Waals surface area contributed by atoms with Gasteiger partial charge < -0.3 is 9.32 Å². The number of nitrogens with zero attached hydrogens (tertiary/aromatic N) is 2. The zero-order valence-electron chi connectivity index (χ0n) is 16.4. The van der Waals surface area contributed by atoms with E-state index in [2.05, 4.69) is 35.2 Å². The molecule has 0 unspecified atom stereocenters. The first-order valence-electron chi connectivity index (χ1n) is 10.2. The molecule has 4 heteroatoms. The third-order valence-electron chi connectivity index (χ3n) is 5.77. The lowest BCUT2D eigenvalue weighted by atomic mass is 10.1. The van der Waals surface area contributed by atoms with E-state index in [0.29, 0.717) is 6.42 Å². The number of fused-ring (bicyclic) bond motifs is 3. The minimum atomic E-state index is 0.224. The standard InChI is InChI=1S/C25H24N2O2/c28-25(17-19-6-2-1-3-7-19)27-14-12-26(13-15-27)18-20-10-11-24-22(16-20)21-8-4-5-9-23(21)29-24/h1-11,16H,12-15,17-18H2. The quantitative estimate of drug-likeness (QED) is 0.521. The van der Waals surface area contributed by atoms with Crippen LogP contribution in [0.3, 0.4) is 0 Å². The molecule has 0 spiro atoms. The zero-order chi connectivity index (χ0) is 19.6. The van der Waals surface area contributed by atoms with Crippen LogP contribution in [-0.2, 0) is 17.8 Å². The molecule has 0 radical (unpaired) electrons. The van der Waals surface area contributed by atoms with Crippen LogP contribution < -0.4 is 0 Å². The Bertz CT molecular complexity index is 1140. The summed E-state index contributed by atoms with van der Waals surface area (Å²) in [7, 11) is 0. The highest BCUT2D eigenvalue weighted by atomic mass is 16.3. The zero-order valence-corrected chi connectivity index (χ0v) is 16.4. The predicted octanol–water partition coefficient (Wildman–Crippen LogP) is 4.47. The molecular weight excluding hydrogens is 360 g/mol. The van der Waals surface area contributed by atoms with Gasteiger partial charge in [-0.05, 0) is 29.3 Å². The molecule has 5 rings (SSSR count). The molecule has 4 nitrogen and oxygen atoms in total. The maximum absolute atomic E-state index is 12.6. The van der Waals surface area contributed by atoms with E-state index in [0.717, 1.165) is 49.5 Å². The number of hydrogen-bond donors (Lipinski definition) is 0. The van der Waals surface area contributed by atoms with Crippen molar-refractivity contribution < 1.29 is 9.21 Å². The molecule has 0 saturated carbocycles. The van der Waals surface area contributed by atoms with Gasteiger partial charge in [-0.3, -0.25) is 9.69 Å². The summed E-state index contributed by atoms with van der Waals surface area (Å²) in [5.74, 6) is 0.224. The lowest BCUT2D eigenvalue weighted by Crippen LogP contribution is -2.48. The van der Waals surface area contributed by atoms with Crippen LogP contribution in [0.5, 0.6) is 0 Å². The first kappa shape index (κ1) is 18.0. The molecule has 0 aliphatic carbocycles. The van der Waals surface area contributed by atoms with Crippen LogP contribution in [0, 0.1) is 0 Å². The Labute approximate surface area is 170 Å². The van der Waals surface area contributed by atoms with Gasteiger partial charge in [0.15, 0.2) is 0 Å². The molecule has 4 aromatic rings. The smallest absolute Gasteiger partial charge is 0.227 e. The van der Waals surface area contributed by atoms with Gasteiger partial charge in [0.1, 0.15) is 11.2 Å². The number of carbonyl (C=O) groups excluding carboxylic acids is 1. The van der Waals surface area contributed by atoms with Crippen molar-refractivity contribution in [3.05, 3.63) is 83.9 Å².